The van der Waals surface area contributed by atoms with Crippen molar-refractivity contribution in [1.82, 2.24) is 5.32 Å². The van der Waals surface area contributed by atoms with Crippen LogP contribution in [0.5, 0.6) is 0 Å². The Bertz CT molecular complexity index is 154. The van der Waals surface area contributed by atoms with Crippen molar-refractivity contribution < 1.29 is 14.6 Å². The van der Waals surface area contributed by atoms with E-state index in [-0.39, 0.29) is 18.6 Å². The fraction of sp³-hybridized carbons (Fsp3) is 0.875. The Labute approximate surface area is 71.9 Å². The summed E-state index contributed by atoms with van der Waals surface area (Å²) in [5, 5.41) is 11.9. The average Bonchev–Trinajstić information content (AvgIpc) is 2.01. The van der Waals surface area contributed by atoms with Crippen LogP contribution in [0.1, 0.15) is 12.8 Å². The molecule has 0 aromatic carbocycles. The topological polar surface area (TPSA) is 58.6 Å². The van der Waals surface area contributed by atoms with Crippen LogP contribution in [0.15, 0.2) is 0 Å². The summed E-state index contributed by atoms with van der Waals surface area (Å²) in [5.41, 5.74) is 0. The monoisotopic (exact) mass is 173 g/mol. The SMILES string of the molecule is COC(=O)CNCC1CC(O)C1. The third kappa shape index (κ3) is 2.79. The van der Waals surface area contributed by atoms with Crippen molar-refractivity contribution in [3.8, 4) is 0 Å². The highest BCUT2D eigenvalue weighted by molar-refractivity contribution is 5.71. The molecular formula is C8H15NO3. The summed E-state index contributed by atoms with van der Waals surface area (Å²) in [6.07, 6.45) is 1.59. The van der Waals surface area contributed by atoms with E-state index in [2.05, 4.69) is 10.1 Å². The van der Waals surface area contributed by atoms with Crippen molar-refractivity contribution in [3.05, 3.63) is 0 Å². The summed E-state index contributed by atoms with van der Waals surface area (Å²) >= 11 is 0. The summed E-state index contributed by atoms with van der Waals surface area (Å²) in [5.74, 6) is 0.291. The molecule has 0 heterocycles. The van der Waals surface area contributed by atoms with Crippen LogP contribution in [-0.2, 0) is 9.53 Å². The van der Waals surface area contributed by atoms with Crippen molar-refractivity contribution in [2.45, 2.75) is 18.9 Å². The zero-order chi connectivity index (χ0) is 8.97. The third-order valence-corrected chi connectivity index (χ3v) is 2.14. The van der Waals surface area contributed by atoms with Crippen molar-refractivity contribution in [2.24, 2.45) is 5.92 Å². The van der Waals surface area contributed by atoms with Crippen LogP contribution in [0, 0.1) is 5.92 Å². The smallest absolute Gasteiger partial charge is 0.319 e. The highest BCUT2D eigenvalue weighted by Crippen LogP contribution is 2.25. The summed E-state index contributed by atoms with van der Waals surface area (Å²) < 4.78 is 4.45. The molecule has 0 bridgehead atoms. The quantitative estimate of drug-likeness (QED) is 0.564. The van der Waals surface area contributed by atoms with Gasteiger partial charge in [0, 0.05) is 0 Å². The Morgan fingerprint density at radius 3 is 2.83 bits per heavy atom. The fourth-order valence-electron chi connectivity index (χ4n) is 1.32. The molecule has 12 heavy (non-hydrogen) atoms. The highest BCUT2D eigenvalue weighted by Gasteiger charge is 2.26. The maximum atomic E-state index is 10.6. The molecule has 0 amide bonds. The molecule has 4 nitrogen and oxygen atoms in total. The van der Waals surface area contributed by atoms with Gasteiger partial charge in [-0.1, -0.05) is 0 Å². The summed E-state index contributed by atoms with van der Waals surface area (Å²) in [6.45, 7) is 1.06. The number of carbonyl (C=O) groups is 1. The van der Waals surface area contributed by atoms with E-state index in [4.69, 9.17) is 5.11 Å². The second-order valence-corrected chi connectivity index (χ2v) is 3.20. The molecular weight excluding hydrogens is 158 g/mol. The first kappa shape index (κ1) is 9.48. The summed E-state index contributed by atoms with van der Waals surface area (Å²) in [6, 6.07) is 0. The lowest BCUT2D eigenvalue weighted by molar-refractivity contribution is -0.139. The molecule has 0 spiro atoms. The van der Waals surface area contributed by atoms with E-state index in [1.807, 2.05) is 0 Å². The van der Waals surface area contributed by atoms with Crippen molar-refractivity contribution in [3.63, 3.8) is 0 Å². The van der Waals surface area contributed by atoms with E-state index >= 15 is 0 Å². The maximum absolute atomic E-state index is 10.6. The molecule has 4 heteroatoms. The van der Waals surface area contributed by atoms with Gasteiger partial charge in [0.05, 0.1) is 19.8 Å². The van der Waals surface area contributed by atoms with E-state index in [0.717, 1.165) is 19.4 Å². The van der Waals surface area contributed by atoms with E-state index in [9.17, 15) is 4.79 Å². The number of hydrogen-bond donors (Lipinski definition) is 2. The van der Waals surface area contributed by atoms with Gasteiger partial charge in [-0.25, -0.2) is 0 Å². The van der Waals surface area contributed by atoms with Crippen molar-refractivity contribution in [2.75, 3.05) is 20.2 Å². The molecule has 0 aliphatic heterocycles. The normalized spacial score (nSPS) is 27.8. The molecule has 2 N–H and O–H groups in total. The average molecular weight is 173 g/mol. The van der Waals surface area contributed by atoms with Crippen LogP contribution in [0.2, 0.25) is 0 Å². The lowest BCUT2D eigenvalue weighted by Gasteiger charge is -2.31. The van der Waals surface area contributed by atoms with Gasteiger partial charge in [-0.2, -0.15) is 0 Å². The summed E-state index contributed by atoms with van der Waals surface area (Å²) in [7, 11) is 1.37. The van der Waals surface area contributed by atoms with Gasteiger partial charge in [0.2, 0.25) is 0 Å². The van der Waals surface area contributed by atoms with Crippen LogP contribution in [0.3, 0.4) is 0 Å². The summed E-state index contributed by atoms with van der Waals surface area (Å²) in [4.78, 5) is 10.6. The van der Waals surface area contributed by atoms with E-state index in [1.54, 1.807) is 0 Å². The number of esters is 1. The Kier molecular flexibility index (Phi) is 3.49. The molecule has 0 radical (unpaired) electrons. The molecule has 1 fully saturated rings. The first-order chi connectivity index (χ1) is 5.72. The minimum absolute atomic E-state index is 0.116. The number of carbonyl (C=O) groups excluding carboxylic acids is 1. The molecule has 70 valence electrons. The molecule has 1 aliphatic carbocycles. The number of methoxy groups -OCH3 is 1. The number of rotatable bonds is 4. The standard InChI is InChI=1S/C8H15NO3/c1-12-8(11)5-9-4-6-2-7(10)3-6/h6-7,9-10H,2-5H2,1H3. The first-order valence-corrected chi connectivity index (χ1v) is 4.18. The van der Waals surface area contributed by atoms with E-state index in [1.165, 1.54) is 7.11 Å². The molecule has 1 saturated carbocycles. The molecule has 1 aliphatic rings. The maximum Gasteiger partial charge on any atom is 0.319 e. The Balaban J connectivity index is 1.93. The lowest BCUT2D eigenvalue weighted by atomic mass is 9.82. The first-order valence-electron chi connectivity index (χ1n) is 4.18. The lowest BCUT2D eigenvalue weighted by Crippen LogP contribution is -2.37. The van der Waals surface area contributed by atoms with Crippen LogP contribution >= 0.6 is 0 Å². The molecule has 0 aromatic rings. The number of aliphatic hydroxyl groups excluding tert-OH is 1. The zero-order valence-corrected chi connectivity index (χ0v) is 7.25. The van der Waals surface area contributed by atoms with Gasteiger partial charge in [0.25, 0.3) is 0 Å². The van der Waals surface area contributed by atoms with Crippen molar-refractivity contribution >= 4 is 5.97 Å². The largest absolute Gasteiger partial charge is 0.468 e. The van der Waals surface area contributed by atoms with E-state index < -0.39 is 0 Å². The molecule has 0 aromatic heterocycles. The van der Waals surface area contributed by atoms with Crippen LogP contribution in [-0.4, -0.2) is 37.4 Å². The number of hydrogen-bond acceptors (Lipinski definition) is 4. The van der Waals surface area contributed by atoms with E-state index in [0.29, 0.717) is 5.92 Å². The van der Waals surface area contributed by atoms with Gasteiger partial charge in [0.15, 0.2) is 0 Å². The number of aliphatic hydroxyl groups is 1. The Morgan fingerprint density at radius 2 is 2.33 bits per heavy atom. The van der Waals surface area contributed by atoms with Crippen LogP contribution < -0.4 is 5.32 Å². The fourth-order valence-corrected chi connectivity index (χ4v) is 1.32. The van der Waals surface area contributed by atoms with Crippen LogP contribution in [0.4, 0.5) is 0 Å². The predicted octanol–water partition coefficient (Wildman–Crippen LogP) is -0.480. The molecule has 0 saturated heterocycles. The highest BCUT2D eigenvalue weighted by atomic mass is 16.5. The predicted molar refractivity (Wildman–Crippen MR) is 43.6 cm³/mol. The zero-order valence-electron chi connectivity index (χ0n) is 7.25. The van der Waals surface area contributed by atoms with Gasteiger partial charge in [0.1, 0.15) is 0 Å². The van der Waals surface area contributed by atoms with Gasteiger partial charge >= 0.3 is 5.97 Å². The second kappa shape index (κ2) is 4.42. The second-order valence-electron chi connectivity index (χ2n) is 3.20. The van der Waals surface area contributed by atoms with Gasteiger partial charge in [-0.05, 0) is 25.3 Å². The molecule has 0 atom stereocenters. The van der Waals surface area contributed by atoms with Crippen molar-refractivity contribution in [1.29, 1.82) is 0 Å². The van der Waals surface area contributed by atoms with Gasteiger partial charge < -0.3 is 15.2 Å². The minimum atomic E-state index is -0.241. The number of nitrogens with one attached hydrogen (secondary N) is 1. The van der Waals surface area contributed by atoms with Gasteiger partial charge in [-0.3, -0.25) is 4.79 Å². The molecule has 1 rings (SSSR count). The minimum Gasteiger partial charge on any atom is -0.468 e. The molecule has 0 unspecified atom stereocenters. The Hall–Kier alpha value is -0.610. The Morgan fingerprint density at radius 1 is 1.67 bits per heavy atom. The third-order valence-electron chi connectivity index (χ3n) is 2.14. The van der Waals surface area contributed by atoms with Crippen LogP contribution in [0.25, 0.3) is 0 Å². The van der Waals surface area contributed by atoms with Gasteiger partial charge in [-0.15, -0.1) is 0 Å². The number of ether oxygens (including phenoxy) is 1.